The maximum absolute atomic E-state index is 13.0. The highest BCUT2D eigenvalue weighted by molar-refractivity contribution is 6.14. The molecule has 0 aromatic heterocycles. The third kappa shape index (κ3) is 5.03. The van der Waals surface area contributed by atoms with Crippen molar-refractivity contribution < 1.29 is 28.6 Å². The van der Waals surface area contributed by atoms with Crippen molar-refractivity contribution in [3.8, 4) is 11.5 Å². The van der Waals surface area contributed by atoms with E-state index in [1.807, 2.05) is 19.1 Å². The van der Waals surface area contributed by atoms with Crippen LogP contribution >= 0.6 is 0 Å². The predicted molar refractivity (Wildman–Crippen MR) is 122 cm³/mol. The molecule has 0 fully saturated rings. The molecule has 1 N–H and O–H groups in total. The maximum Gasteiger partial charge on any atom is 0.339 e. The Kier molecular flexibility index (Phi) is 6.40. The Morgan fingerprint density at radius 1 is 0.879 bits per heavy atom. The van der Waals surface area contributed by atoms with Crippen LogP contribution in [0.1, 0.15) is 38.8 Å². The van der Waals surface area contributed by atoms with Crippen LogP contribution in [0, 0.1) is 6.92 Å². The van der Waals surface area contributed by atoms with E-state index in [9.17, 15) is 14.4 Å². The van der Waals surface area contributed by atoms with Gasteiger partial charge in [-0.15, -0.1) is 0 Å². The number of amides is 1. The first kappa shape index (κ1) is 22.1. The molecule has 0 radical (unpaired) electrons. The van der Waals surface area contributed by atoms with E-state index in [-0.39, 0.29) is 16.9 Å². The highest BCUT2D eigenvalue weighted by Crippen LogP contribution is 2.32. The molecule has 0 spiro atoms. The van der Waals surface area contributed by atoms with Gasteiger partial charge in [-0.3, -0.25) is 9.59 Å². The van der Waals surface area contributed by atoms with E-state index in [0.29, 0.717) is 36.0 Å². The van der Waals surface area contributed by atoms with Crippen molar-refractivity contribution >= 4 is 23.3 Å². The standard InChI is InChI=1S/C26H23NO6/c1-16-7-9-18(10-8-16)24(28)20-5-3-4-6-21(20)26(30)33-17(2)25(29)27-19-11-12-22-23(15-19)32-14-13-31-22/h3-12,15,17H,13-14H2,1-2H3,(H,27,29)/t17-/m1/s1. The molecule has 0 bridgehead atoms. The van der Waals surface area contributed by atoms with Gasteiger partial charge in [-0.2, -0.15) is 0 Å². The number of ether oxygens (including phenoxy) is 3. The van der Waals surface area contributed by atoms with Gasteiger partial charge in [0.1, 0.15) is 13.2 Å². The summed E-state index contributed by atoms with van der Waals surface area (Å²) in [4.78, 5) is 38.4. The molecule has 33 heavy (non-hydrogen) atoms. The van der Waals surface area contributed by atoms with Crippen molar-refractivity contribution in [3.63, 3.8) is 0 Å². The SMILES string of the molecule is Cc1ccc(C(=O)c2ccccc2C(=O)O[C@H](C)C(=O)Nc2ccc3c(c2)OCCO3)cc1. The van der Waals surface area contributed by atoms with Gasteiger partial charge in [0.25, 0.3) is 5.91 Å². The molecule has 0 unspecified atom stereocenters. The molecular formula is C26H23NO6. The zero-order valence-electron chi connectivity index (χ0n) is 18.3. The number of hydrogen-bond donors (Lipinski definition) is 1. The summed E-state index contributed by atoms with van der Waals surface area (Å²) < 4.78 is 16.3. The van der Waals surface area contributed by atoms with Gasteiger partial charge >= 0.3 is 5.97 Å². The number of carbonyl (C=O) groups excluding carboxylic acids is 3. The van der Waals surface area contributed by atoms with Crippen molar-refractivity contribution in [1.82, 2.24) is 0 Å². The summed E-state index contributed by atoms with van der Waals surface area (Å²) in [5, 5.41) is 2.70. The lowest BCUT2D eigenvalue weighted by molar-refractivity contribution is -0.123. The topological polar surface area (TPSA) is 90.9 Å². The van der Waals surface area contributed by atoms with Gasteiger partial charge in [0.2, 0.25) is 0 Å². The molecule has 7 heteroatoms. The molecule has 1 aliphatic rings. The minimum Gasteiger partial charge on any atom is -0.486 e. The molecule has 4 rings (SSSR count). The number of ketones is 1. The number of benzene rings is 3. The zero-order valence-corrected chi connectivity index (χ0v) is 18.3. The van der Waals surface area contributed by atoms with Gasteiger partial charge in [0.05, 0.1) is 5.56 Å². The first-order valence-electron chi connectivity index (χ1n) is 10.5. The van der Waals surface area contributed by atoms with E-state index < -0.39 is 18.0 Å². The smallest absolute Gasteiger partial charge is 0.339 e. The first-order chi connectivity index (χ1) is 15.9. The highest BCUT2D eigenvalue weighted by atomic mass is 16.6. The summed E-state index contributed by atoms with van der Waals surface area (Å²) >= 11 is 0. The fraction of sp³-hybridized carbons (Fsp3) is 0.192. The second kappa shape index (κ2) is 9.56. The monoisotopic (exact) mass is 445 g/mol. The van der Waals surface area contributed by atoms with Crippen molar-refractivity contribution in [2.75, 3.05) is 18.5 Å². The molecule has 3 aromatic rings. The van der Waals surface area contributed by atoms with Gasteiger partial charge in [-0.1, -0.05) is 48.0 Å². The molecule has 1 atom stereocenters. The lowest BCUT2D eigenvalue weighted by Gasteiger charge is -2.19. The van der Waals surface area contributed by atoms with Crippen LogP contribution in [0.4, 0.5) is 5.69 Å². The van der Waals surface area contributed by atoms with Crippen LogP contribution in [-0.2, 0) is 9.53 Å². The van der Waals surface area contributed by atoms with Crippen LogP contribution in [0.3, 0.4) is 0 Å². The second-order valence-corrected chi connectivity index (χ2v) is 7.64. The summed E-state index contributed by atoms with van der Waals surface area (Å²) in [7, 11) is 0. The number of fused-ring (bicyclic) bond motifs is 1. The fourth-order valence-corrected chi connectivity index (χ4v) is 3.36. The quantitative estimate of drug-likeness (QED) is 0.452. The lowest BCUT2D eigenvalue weighted by Crippen LogP contribution is -2.30. The van der Waals surface area contributed by atoms with Crippen LogP contribution < -0.4 is 14.8 Å². The van der Waals surface area contributed by atoms with Crippen LogP contribution in [0.15, 0.2) is 66.7 Å². The number of hydrogen-bond acceptors (Lipinski definition) is 6. The molecule has 7 nitrogen and oxygen atoms in total. The summed E-state index contributed by atoms with van der Waals surface area (Å²) in [6, 6.07) is 18.5. The minimum absolute atomic E-state index is 0.0991. The molecule has 0 saturated carbocycles. The average Bonchev–Trinajstić information content (AvgIpc) is 2.84. The van der Waals surface area contributed by atoms with E-state index in [4.69, 9.17) is 14.2 Å². The molecular weight excluding hydrogens is 422 g/mol. The van der Waals surface area contributed by atoms with E-state index in [1.54, 1.807) is 48.5 Å². The van der Waals surface area contributed by atoms with Crippen LogP contribution in [-0.4, -0.2) is 37.0 Å². The molecule has 1 heterocycles. The second-order valence-electron chi connectivity index (χ2n) is 7.64. The van der Waals surface area contributed by atoms with Crippen molar-refractivity contribution in [2.45, 2.75) is 20.0 Å². The molecule has 3 aromatic carbocycles. The first-order valence-corrected chi connectivity index (χ1v) is 10.5. The van der Waals surface area contributed by atoms with Gasteiger partial charge in [-0.25, -0.2) is 4.79 Å². The number of rotatable bonds is 6. The Balaban J connectivity index is 1.45. The molecule has 1 aliphatic heterocycles. The number of nitrogens with one attached hydrogen (secondary N) is 1. The third-order valence-electron chi connectivity index (χ3n) is 5.17. The summed E-state index contributed by atoms with van der Waals surface area (Å²) in [6.45, 7) is 4.30. The van der Waals surface area contributed by atoms with E-state index in [2.05, 4.69) is 5.32 Å². The van der Waals surface area contributed by atoms with Crippen molar-refractivity contribution in [3.05, 3.63) is 89.0 Å². The van der Waals surface area contributed by atoms with E-state index >= 15 is 0 Å². The van der Waals surface area contributed by atoms with Gasteiger partial charge in [0, 0.05) is 22.9 Å². The molecule has 168 valence electrons. The third-order valence-corrected chi connectivity index (χ3v) is 5.17. The fourth-order valence-electron chi connectivity index (χ4n) is 3.36. The van der Waals surface area contributed by atoms with Crippen LogP contribution in [0.2, 0.25) is 0 Å². The largest absolute Gasteiger partial charge is 0.486 e. The van der Waals surface area contributed by atoms with Crippen LogP contribution in [0.5, 0.6) is 11.5 Å². The molecule has 1 amide bonds. The van der Waals surface area contributed by atoms with Gasteiger partial charge in [0.15, 0.2) is 23.4 Å². The van der Waals surface area contributed by atoms with Crippen molar-refractivity contribution in [1.29, 1.82) is 0 Å². The Hall–Kier alpha value is -4.13. The van der Waals surface area contributed by atoms with Crippen molar-refractivity contribution in [2.24, 2.45) is 0 Å². The number of aryl methyl sites for hydroxylation is 1. The van der Waals surface area contributed by atoms with E-state index in [0.717, 1.165) is 5.56 Å². The van der Waals surface area contributed by atoms with E-state index in [1.165, 1.54) is 13.0 Å². The average molecular weight is 445 g/mol. The Morgan fingerprint density at radius 2 is 1.55 bits per heavy atom. The molecule has 0 saturated heterocycles. The number of anilines is 1. The minimum atomic E-state index is -1.09. The lowest BCUT2D eigenvalue weighted by atomic mass is 9.98. The number of esters is 1. The van der Waals surface area contributed by atoms with Gasteiger partial charge < -0.3 is 19.5 Å². The normalized spacial score (nSPS) is 13.0. The zero-order chi connectivity index (χ0) is 23.4. The summed E-state index contributed by atoms with van der Waals surface area (Å²) in [5.41, 5.74) is 2.29. The van der Waals surface area contributed by atoms with Crippen LogP contribution in [0.25, 0.3) is 0 Å². The highest BCUT2D eigenvalue weighted by Gasteiger charge is 2.24. The Bertz CT molecular complexity index is 1200. The molecule has 0 aliphatic carbocycles. The van der Waals surface area contributed by atoms with Gasteiger partial charge in [-0.05, 0) is 32.0 Å². The summed E-state index contributed by atoms with van der Waals surface area (Å²) in [5.74, 6) is -0.421. The summed E-state index contributed by atoms with van der Waals surface area (Å²) in [6.07, 6.45) is -1.09. The predicted octanol–water partition coefficient (Wildman–Crippen LogP) is 4.18. The Morgan fingerprint density at radius 3 is 2.27 bits per heavy atom. The Labute approximate surface area is 191 Å². The number of carbonyl (C=O) groups is 3. The maximum atomic E-state index is 13.0.